The largest absolute Gasteiger partial charge is 0.363 e. The van der Waals surface area contributed by atoms with Crippen molar-refractivity contribution in [2.75, 3.05) is 26.2 Å². The number of nitrogens with zero attached hydrogens (tertiary/aromatic N) is 1. The summed E-state index contributed by atoms with van der Waals surface area (Å²) in [5.74, 6) is 0.185. The van der Waals surface area contributed by atoms with Crippen LogP contribution in [0.1, 0.15) is 47.0 Å². The molecular formula is C16H28N2O2. The van der Waals surface area contributed by atoms with E-state index in [2.05, 4.69) is 37.9 Å². The molecule has 0 aromatic heterocycles. The molecule has 1 aliphatic carbocycles. The molecule has 3 rings (SSSR count). The summed E-state index contributed by atoms with van der Waals surface area (Å²) in [6.07, 6.45) is 3.52. The highest BCUT2D eigenvalue weighted by molar-refractivity contribution is 5.78. The molecule has 2 unspecified atom stereocenters. The van der Waals surface area contributed by atoms with Crippen molar-refractivity contribution in [1.29, 1.82) is 0 Å². The van der Waals surface area contributed by atoms with E-state index in [1.54, 1.807) is 0 Å². The monoisotopic (exact) mass is 280 g/mol. The molecule has 1 saturated carbocycles. The van der Waals surface area contributed by atoms with Crippen LogP contribution in [0.2, 0.25) is 0 Å². The van der Waals surface area contributed by atoms with Gasteiger partial charge in [-0.3, -0.25) is 4.79 Å². The Kier molecular flexibility index (Phi) is 3.18. The molecule has 114 valence electrons. The van der Waals surface area contributed by atoms with E-state index in [0.717, 1.165) is 26.1 Å². The lowest BCUT2D eigenvalue weighted by atomic mass is 9.65. The third-order valence-corrected chi connectivity index (χ3v) is 5.28. The average molecular weight is 280 g/mol. The Balaban J connectivity index is 1.61. The standard InChI is InChI=1S/C16H28N2O2/c1-14(2)5-12-6-15(3,8-14)11-18(12)13(19)7-20-16(4)9-17-10-16/h12,17H,5-11H2,1-4H3. The van der Waals surface area contributed by atoms with E-state index < -0.39 is 0 Å². The van der Waals surface area contributed by atoms with Crippen LogP contribution < -0.4 is 5.32 Å². The molecule has 20 heavy (non-hydrogen) atoms. The summed E-state index contributed by atoms with van der Waals surface area (Å²) in [5.41, 5.74) is 0.537. The fraction of sp³-hybridized carbons (Fsp3) is 0.938. The third kappa shape index (κ3) is 2.60. The Morgan fingerprint density at radius 3 is 2.55 bits per heavy atom. The van der Waals surface area contributed by atoms with Crippen molar-refractivity contribution in [1.82, 2.24) is 10.2 Å². The number of carbonyl (C=O) groups excluding carboxylic acids is 1. The summed E-state index contributed by atoms with van der Waals surface area (Å²) in [6.45, 7) is 12.0. The SMILES string of the molecule is CC1(C)CC2CC(C)(CN2C(=O)COC2(C)CNC2)C1. The molecule has 2 atom stereocenters. The number of rotatable bonds is 3. The molecule has 4 nitrogen and oxygen atoms in total. The van der Waals surface area contributed by atoms with Gasteiger partial charge < -0.3 is 15.0 Å². The molecular weight excluding hydrogens is 252 g/mol. The van der Waals surface area contributed by atoms with Gasteiger partial charge in [0.15, 0.2) is 0 Å². The number of likely N-dealkylation sites (tertiary alicyclic amines) is 1. The lowest BCUT2D eigenvalue weighted by Gasteiger charge is -2.40. The molecule has 2 bridgehead atoms. The van der Waals surface area contributed by atoms with Gasteiger partial charge in [-0.05, 0) is 37.0 Å². The number of fused-ring (bicyclic) bond motifs is 2. The number of carbonyl (C=O) groups is 1. The average Bonchev–Trinajstić information content (AvgIpc) is 2.53. The molecule has 2 aliphatic heterocycles. The van der Waals surface area contributed by atoms with Gasteiger partial charge in [0.2, 0.25) is 5.91 Å². The van der Waals surface area contributed by atoms with Crippen LogP contribution in [0, 0.1) is 10.8 Å². The predicted molar refractivity (Wildman–Crippen MR) is 78.5 cm³/mol. The van der Waals surface area contributed by atoms with E-state index in [9.17, 15) is 4.79 Å². The normalized spacial score (nSPS) is 37.6. The highest BCUT2D eigenvalue weighted by Crippen LogP contribution is 2.52. The molecule has 0 spiro atoms. The van der Waals surface area contributed by atoms with Gasteiger partial charge in [-0.15, -0.1) is 0 Å². The first kappa shape index (κ1) is 14.3. The second-order valence-corrected chi connectivity index (χ2v) is 8.58. The number of nitrogens with one attached hydrogen (secondary N) is 1. The zero-order chi connectivity index (χ0) is 14.6. The first-order valence-electron chi connectivity index (χ1n) is 7.85. The Morgan fingerprint density at radius 2 is 1.95 bits per heavy atom. The fourth-order valence-corrected chi connectivity index (χ4v) is 4.65. The van der Waals surface area contributed by atoms with E-state index in [0.29, 0.717) is 16.9 Å². The van der Waals surface area contributed by atoms with Gasteiger partial charge in [0, 0.05) is 25.7 Å². The first-order valence-corrected chi connectivity index (χ1v) is 7.85. The summed E-state index contributed by atoms with van der Waals surface area (Å²) in [7, 11) is 0. The molecule has 0 aromatic carbocycles. The van der Waals surface area contributed by atoms with E-state index >= 15 is 0 Å². The minimum Gasteiger partial charge on any atom is -0.363 e. The molecule has 1 N–H and O–H groups in total. The summed E-state index contributed by atoms with van der Waals surface area (Å²) in [6, 6.07) is 0.423. The maximum Gasteiger partial charge on any atom is 0.248 e. The lowest BCUT2D eigenvalue weighted by molar-refractivity contribution is -0.147. The highest BCUT2D eigenvalue weighted by atomic mass is 16.5. The molecule has 2 heterocycles. The Hall–Kier alpha value is -0.610. The van der Waals surface area contributed by atoms with Gasteiger partial charge in [-0.2, -0.15) is 0 Å². The van der Waals surface area contributed by atoms with Gasteiger partial charge >= 0.3 is 0 Å². The zero-order valence-electron chi connectivity index (χ0n) is 13.3. The summed E-state index contributed by atoms with van der Waals surface area (Å²) >= 11 is 0. The molecule has 3 aliphatic rings. The molecule has 1 amide bonds. The molecule has 2 saturated heterocycles. The van der Waals surface area contributed by atoms with Crippen LogP contribution in [0.3, 0.4) is 0 Å². The van der Waals surface area contributed by atoms with Crippen molar-refractivity contribution in [2.45, 2.75) is 58.6 Å². The maximum atomic E-state index is 12.5. The van der Waals surface area contributed by atoms with Crippen LogP contribution in [0.4, 0.5) is 0 Å². The zero-order valence-corrected chi connectivity index (χ0v) is 13.3. The minimum atomic E-state index is -0.131. The maximum absolute atomic E-state index is 12.5. The van der Waals surface area contributed by atoms with Gasteiger partial charge in [0.05, 0.1) is 5.60 Å². The molecule has 0 radical (unpaired) electrons. The molecule has 4 heteroatoms. The molecule has 3 fully saturated rings. The van der Waals surface area contributed by atoms with Crippen LogP contribution in [-0.2, 0) is 9.53 Å². The van der Waals surface area contributed by atoms with E-state index in [4.69, 9.17) is 4.74 Å². The van der Waals surface area contributed by atoms with Gasteiger partial charge in [0.25, 0.3) is 0 Å². The van der Waals surface area contributed by atoms with E-state index in [-0.39, 0.29) is 18.1 Å². The van der Waals surface area contributed by atoms with Crippen molar-refractivity contribution in [2.24, 2.45) is 10.8 Å². The van der Waals surface area contributed by atoms with Crippen LogP contribution >= 0.6 is 0 Å². The summed E-state index contributed by atoms with van der Waals surface area (Å²) in [4.78, 5) is 14.6. The summed E-state index contributed by atoms with van der Waals surface area (Å²) < 4.78 is 5.82. The fourth-order valence-electron chi connectivity index (χ4n) is 4.65. The quantitative estimate of drug-likeness (QED) is 0.857. The van der Waals surface area contributed by atoms with Crippen molar-refractivity contribution in [3.63, 3.8) is 0 Å². The Bertz CT molecular complexity index is 417. The van der Waals surface area contributed by atoms with Crippen molar-refractivity contribution in [3.05, 3.63) is 0 Å². The van der Waals surface area contributed by atoms with Crippen LogP contribution in [0.15, 0.2) is 0 Å². The first-order chi connectivity index (χ1) is 9.21. The Morgan fingerprint density at radius 1 is 1.25 bits per heavy atom. The number of amides is 1. The number of hydrogen-bond acceptors (Lipinski definition) is 3. The molecule has 0 aromatic rings. The van der Waals surface area contributed by atoms with Gasteiger partial charge in [-0.1, -0.05) is 20.8 Å². The van der Waals surface area contributed by atoms with E-state index in [1.807, 2.05) is 0 Å². The number of hydrogen-bond donors (Lipinski definition) is 1. The van der Waals surface area contributed by atoms with Crippen LogP contribution in [-0.4, -0.2) is 48.7 Å². The van der Waals surface area contributed by atoms with E-state index in [1.165, 1.54) is 12.8 Å². The van der Waals surface area contributed by atoms with Crippen LogP contribution in [0.25, 0.3) is 0 Å². The van der Waals surface area contributed by atoms with Crippen LogP contribution in [0.5, 0.6) is 0 Å². The number of ether oxygens (including phenoxy) is 1. The minimum absolute atomic E-state index is 0.131. The van der Waals surface area contributed by atoms with Crippen molar-refractivity contribution in [3.8, 4) is 0 Å². The third-order valence-electron chi connectivity index (χ3n) is 5.28. The van der Waals surface area contributed by atoms with Crippen molar-refractivity contribution >= 4 is 5.91 Å². The Labute approximate surface area is 122 Å². The lowest BCUT2D eigenvalue weighted by Crippen LogP contribution is -2.59. The second-order valence-electron chi connectivity index (χ2n) is 8.58. The van der Waals surface area contributed by atoms with Gasteiger partial charge in [0.1, 0.15) is 6.61 Å². The smallest absolute Gasteiger partial charge is 0.248 e. The topological polar surface area (TPSA) is 41.6 Å². The predicted octanol–water partition coefficient (Wildman–Crippen LogP) is 1.79. The highest BCUT2D eigenvalue weighted by Gasteiger charge is 2.51. The summed E-state index contributed by atoms with van der Waals surface area (Å²) in [5, 5.41) is 3.20. The van der Waals surface area contributed by atoms with Gasteiger partial charge in [-0.25, -0.2) is 0 Å². The van der Waals surface area contributed by atoms with Crippen molar-refractivity contribution < 1.29 is 9.53 Å². The second kappa shape index (κ2) is 4.44.